The number of likely N-dealkylation sites (tertiary alicyclic amines) is 1. The van der Waals surface area contributed by atoms with Gasteiger partial charge < -0.3 is 15.0 Å². The number of alkyl halides is 1. The van der Waals surface area contributed by atoms with Crippen LogP contribution in [0.5, 0.6) is 0 Å². The van der Waals surface area contributed by atoms with E-state index in [2.05, 4.69) is 4.98 Å². The first kappa shape index (κ1) is 15.6. The van der Waals surface area contributed by atoms with E-state index in [0.29, 0.717) is 5.56 Å². The maximum atomic E-state index is 14.1. The van der Waals surface area contributed by atoms with Gasteiger partial charge in [0.1, 0.15) is 12.0 Å². The van der Waals surface area contributed by atoms with Gasteiger partial charge in [-0.15, -0.1) is 0 Å². The second-order valence-corrected chi connectivity index (χ2v) is 5.84. The second kappa shape index (κ2) is 5.73. The van der Waals surface area contributed by atoms with Crippen LogP contribution in [-0.2, 0) is 0 Å². The van der Waals surface area contributed by atoms with Gasteiger partial charge in [0.25, 0.3) is 5.91 Å². The monoisotopic (exact) mass is 322 g/mol. The molecule has 1 saturated heterocycles. The molecule has 1 aromatic carbocycles. The lowest BCUT2D eigenvalue weighted by Crippen LogP contribution is -2.38. The Morgan fingerprint density at radius 3 is 2.87 bits per heavy atom. The molecule has 0 radical (unpaired) electrons. The number of aromatic nitrogens is 1. The Morgan fingerprint density at radius 1 is 1.43 bits per heavy atom. The Kier molecular flexibility index (Phi) is 3.89. The summed E-state index contributed by atoms with van der Waals surface area (Å²) in [5.74, 6) is -1.21. The smallest absolute Gasteiger partial charge is 0.255 e. The standard InChI is InChI=1S/C16H16F2N2O3/c1-8-2-11-12(5-14(22)19-15(11)13(18)3-8)16(23)20-6-9(17)4-10(20)7-21/h2-3,5,9-10,21H,4,6-7H2,1H3,(H,19,22)/t9-,10-/m0/s1. The molecular formula is C16H16F2N2O3. The largest absolute Gasteiger partial charge is 0.394 e. The number of carbonyl (C=O) groups excluding carboxylic acids is 1. The summed E-state index contributed by atoms with van der Waals surface area (Å²) >= 11 is 0. The van der Waals surface area contributed by atoms with E-state index in [1.165, 1.54) is 11.0 Å². The van der Waals surface area contributed by atoms with Crippen molar-refractivity contribution >= 4 is 16.8 Å². The van der Waals surface area contributed by atoms with Crippen molar-refractivity contribution in [3.63, 3.8) is 0 Å². The van der Waals surface area contributed by atoms with E-state index in [1.54, 1.807) is 13.0 Å². The van der Waals surface area contributed by atoms with Crippen LogP contribution in [0.15, 0.2) is 23.0 Å². The normalized spacial score (nSPS) is 21.1. The molecule has 1 amide bonds. The summed E-state index contributed by atoms with van der Waals surface area (Å²) in [6.07, 6.45) is -1.17. The third-order valence-corrected chi connectivity index (χ3v) is 4.11. The molecule has 0 bridgehead atoms. The van der Waals surface area contributed by atoms with Crippen molar-refractivity contribution in [2.45, 2.75) is 25.6 Å². The fourth-order valence-corrected chi connectivity index (χ4v) is 3.06. The maximum absolute atomic E-state index is 14.1. The number of amides is 1. The predicted molar refractivity (Wildman–Crippen MR) is 80.7 cm³/mol. The SMILES string of the molecule is Cc1cc(F)c2[nH]c(=O)cc(C(=O)N3C[C@@H](F)C[C@H]3CO)c2c1. The number of pyridine rings is 1. The van der Waals surface area contributed by atoms with E-state index >= 15 is 0 Å². The van der Waals surface area contributed by atoms with Gasteiger partial charge in [-0.1, -0.05) is 0 Å². The van der Waals surface area contributed by atoms with Crippen molar-refractivity contribution in [2.75, 3.05) is 13.2 Å². The molecule has 1 aliphatic rings. The highest BCUT2D eigenvalue weighted by Crippen LogP contribution is 2.26. The van der Waals surface area contributed by atoms with Crippen molar-refractivity contribution in [3.05, 3.63) is 45.5 Å². The number of nitrogens with zero attached hydrogens (tertiary/aromatic N) is 1. The highest BCUT2D eigenvalue weighted by Gasteiger charge is 2.36. The molecule has 1 aliphatic heterocycles. The molecular weight excluding hydrogens is 306 g/mol. The fourth-order valence-electron chi connectivity index (χ4n) is 3.06. The van der Waals surface area contributed by atoms with Gasteiger partial charge in [0.05, 0.1) is 30.3 Å². The van der Waals surface area contributed by atoms with E-state index in [9.17, 15) is 23.5 Å². The number of aliphatic hydroxyl groups is 1. The van der Waals surface area contributed by atoms with Gasteiger partial charge in [-0.05, 0) is 24.6 Å². The van der Waals surface area contributed by atoms with E-state index < -0.39 is 29.5 Å². The van der Waals surface area contributed by atoms with Crippen LogP contribution in [0, 0.1) is 12.7 Å². The van der Waals surface area contributed by atoms with Crippen LogP contribution in [0.4, 0.5) is 8.78 Å². The van der Waals surface area contributed by atoms with Crippen molar-refractivity contribution in [2.24, 2.45) is 0 Å². The molecule has 23 heavy (non-hydrogen) atoms. The zero-order chi connectivity index (χ0) is 16.7. The fraction of sp³-hybridized carbons (Fsp3) is 0.375. The minimum atomic E-state index is -1.22. The molecule has 7 heteroatoms. The molecule has 2 atom stereocenters. The van der Waals surface area contributed by atoms with Gasteiger partial charge in [-0.3, -0.25) is 9.59 Å². The van der Waals surface area contributed by atoms with Crippen molar-refractivity contribution in [3.8, 4) is 0 Å². The van der Waals surface area contributed by atoms with Crippen LogP contribution in [0.2, 0.25) is 0 Å². The number of fused-ring (bicyclic) bond motifs is 1. The van der Waals surface area contributed by atoms with Gasteiger partial charge in [0.2, 0.25) is 5.56 Å². The number of carbonyl (C=O) groups is 1. The minimum Gasteiger partial charge on any atom is -0.394 e. The molecule has 0 spiro atoms. The molecule has 5 nitrogen and oxygen atoms in total. The number of aromatic amines is 1. The zero-order valence-electron chi connectivity index (χ0n) is 12.5. The van der Waals surface area contributed by atoms with E-state index in [1.807, 2.05) is 0 Å². The Morgan fingerprint density at radius 2 is 2.17 bits per heavy atom. The van der Waals surface area contributed by atoms with Crippen LogP contribution < -0.4 is 5.56 Å². The predicted octanol–water partition coefficient (Wildman–Crippen LogP) is 1.52. The average Bonchev–Trinajstić information content (AvgIpc) is 2.88. The summed E-state index contributed by atoms with van der Waals surface area (Å²) in [6.45, 7) is 1.17. The lowest BCUT2D eigenvalue weighted by atomic mass is 10.0. The third-order valence-electron chi connectivity index (χ3n) is 4.11. The van der Waals surface area contributed by atoms with E-state index in [4.69, 9.17) is 0 Å². The summed E-state index contributed by atoms with van der Waals surface area (Å²) in [5.41, 5.74) is -0.0540. The molecule has 1 fully saturated rings. The first-order chi connectivity index (χ1) is 10.9. The number of hydrogen-bond acceptors (Lipinski definition) is 3. The molecule has 2 heterocycles. The third kappa shape index (κ3) is 2.72. The number of hydrogen-bond donors (Lipinski definition) is 2. The van der Waals surface area contributed by atoms with Crippen LogP contribution in [0.25, 0.3) is 10.9 Å². The summed E-state index contributed by atoms with van der Waals surface area (Å²) in [6, 6.07) is 3.31. The highest BCUT2D eigenvalue weighted by molar-refractivity contribution is 6.06. The number of aryl methyl sites for hydroxylation is 1. The quantitative estimate of drug-likeness (QED) is 0.880. The van der Waals surface area contributed by atoms with Gasteiger partial charge >= 0.3 is 0 Å². The topological polar surface area (TPSA) is 73.4 Å². The number of benzene rings is 1. The molecule has 3 rings (SSSR count). The van der Waals surface area contributed by atoms with Gasteiger partial charge in [0, 0.05) is 17.9 Å². The molecule has 2 aromatic rings. The average molecular weight is 322 g/mol. The summed E-state index contributed by atoms with van der Waals surface area (Å²) in [7, 11) is 0. The molecule has 0 saturated carbocycles. The van der Waals surface area contributed by atoms with Crippen LogP contribution >= 0.6 is 0 Å². The van der Waals surface area contributed by atoms with E-state index in [0.717, 1.165) is 6.07 Å². The van der Waals surface area contributed by atoms with Crippen molar-refractivity contribution in [1.29, 1.82) is 0 Å². The van der Waals surface area contributed by atoms with Crippen LogP contribution in [-0.4, -0.2) is 46.3 Å². The minimum absolute atomic E-state index is 0.0129. The highest BCUT2D eigenvalue weighted by atomic mass is 19.1. The van der Waals surface area contributed by atoms with Gasteiger partial charge in [0.15, 0.2) is 0 Å². The van der Waals surface area contributed by atoms with Gasteiger partial charge in [-0.2, -0.15) is 0 Å². The lowest BCUT2D eigenvalue weighted by molar-refractivity contribution is 0.0674. The summed E-state index contributed by atoms with van der Waals surface area (Å²) in [5, 5.41) is 9.59. The molecule has 2 N–H and O–H groups in total. The first-order valence-corrected chi connectivity index (χ1v) is 7.29. The van der Waals surface area contributed by atoms with Crippen molar-refractivity contribution in [1.82, 2.24) is 9.88 Å². The number of nitrogens with one attached hydrogen (secondary N) is 1. The lowest BCUT2D eigenvalue weighted by Gasteiger charge is -2.23. The van der Waals surface area contributed by atoms with Crippen LogP contribution in [0.3, 0.4) is 0 Å². The molecule has 1 aromatic heterocycles. The zero-order valence-corrected chi connectivity index (χ0v) is 12.5. The maximum Gasteiger partial charge on any atom is 0.255 e. The van der Waals surface area contributed by atoms with Crippen molar-refractivity contribution < 1.29 is 18.7 Å². The summed E-state index contributed by atoms with van der Waals surface area (Å²) < 4.78 is 27.6. The second-order valence-electron chi connectivity index (χ2n) is 5.84. The number of aliphatic hydroxyl groups excluding tert-OH is 1. The van der Waals surface area contributed by atoms with Gasteiger partial charge in [-0.25, -0.2) is 8.78 Å². The Balaban J connectivity index is 2.16. The Hall–Kier alpha value is -2.28. The number of rotatable bonds is 2. The first-order valence-electron chi connectivity index (χ1n) is 7.29. The Labute approximate surface area is 130 Å². The van der Waals surface area contributed by atoms with Crippen LogP contribution in [0.1, 0.15) is 22.3 Å². The summed E-state index contributed by atoms with van der Waals surface area (Å²) in [4.78, 5) is 28.1. The van der Waals surface area contributed by atoms with E-state index in [-0.39, 0.29) is 36.0 Å². The molecule has 0 unspecified atom stereocenters. The molecule has 122 valence electrons. The number of halogens is 2. The Bertz CT molecular complexity index is 834. The molecule has 0 aliphatic carbocycles. The number of H-pyrrole nitrogens is 1.